The standard InChI is InChI=1S/C10H13NO3S/c12-15(13,14)7-9-6-5-8-3-1-2-4-10(8)11-9/h1-4,9,11H,5-7H2,(H,12,13,14). The fraction of sp³-hybridized carbons (Fsp3) is 0.400. The fourth-order valence-electron chi connectivity index (χ4n) is 1.88. The third kappa shape index (κ3) is 2.70. The molecule has 0 aromatic heterocycles. The van der Waals surface area contributed by atoms with Crippen molar-refractivity contribution in [1.82, 2.24) is 0 Å². The molecule has 0 aliphatic carbocycles. The molecule has 1 heterocycles. The number of hydrogen-bond acceptors (Lipinski definition) is 3. The van der Waals surface area contributed by atoms with Crippen molar-refractivity contribution in [3.63, 3.8) is 0 Å². The van der Waals surface area contributed by atoms with Crippen LogP contribution in [0.1, 0.15) is 12.0 Å². The van der Waals surface area contributed by atoms with E-state index >= 15 is 0 Å². The van der Waals surface area contributed by atoms with E-state index < -0.39 is 10.1 Å². The first-order valence-corrected chi connectivity index (χ1v) is 6.45. The Bertz CT molecular complexity index is 455. The van der Waals surface area contributed by atoms with Gasteiger partial charge in [0, 0.05) is 11.7 Å². The van der Waals surface area contributed by atoms with E-state index in [-0.39, 0.29) is 11.8 Å². The van der Waals surface area contributed by atoms with Gasteiger partial charge in [0.1, 0.15) is 0 Å². The first-order valence-electron chi connectivity index (χ1n) is 4.84. The highest BCUT2D eigenvalue weighted by Crippen LogP contribution is 2.24. The molecular formula is C10H13NO3S. The van der Waals surface area contributed by atoms with Gasteiger partial charge in [0.2, 0.25) is 0 Å². The van der Waals surface area contributed by atoms with Gasteiger partial charge >= 0.3 is 0 Å². The highest BCUT2D eigenvalue weighted by atomic mass is 32.2. The first kappa shape index (κ1) is 10.4. The number of fused-ring (bicyclic) bond motifs is 1. The number of nitrogens with one attached hydrogen (secondary N) is 1. The van der Waals surface area contributed by atoms with Crippen molar-refractivity contribution in [2.24, 2.45) is 0 Å². The minimum Gasteiger partial charge on any atom is -0.381 e. The molecule has 0 saturated heterocycles. The SMILES string of the molecule is O=S(=O)(O)CC1CCc2ccccc2N1. The van der Waals surface area contributed by atoms with Crippen LogP contribution in [0.5, 0.6) is 0 Å². The van der Waals surface area contributed by atoms with Gasteiger partial charge < -0.3 is 5.32 Å². The second-order valence-electron chi connectivity index (χ2n) is 3.79. The molecule has 0 bridgehead atoms. The molecule has 1 aromatic carbocycles. The van der Waals surface area contributed by atoms with Gasteiger partial charge in [-0.1, -0.05) is 18.2 Å². The Kier molecular flexibility index (Phi) is 2.67. The van der Waals surface area contributed by atoms with Gasteiger partial charge in [0.05, 0.1) is 5.75 Å². The average molecular weight is 227 g/mol. The minimum atomic E-state index is -3.89. The van der Waals surface area contributed by atoms with Gasteiger partial charge in [-0.15, -0.1) is 0 Å². The zero-order chi connectivity index (χ0) is 10.9. The maximum absolute atomic E-state index is 10.7. The summed E-state index contributed by atoms with van der Waals surface area (Å²) in [7, 11) is -3.89. The van der Waals surface area contributed by atoms with E-state index in [1.165, 1.54) is 5.56 Å². The van der Waals surface area contributed by atoms with Crippen LogP contribution in [0.3, 0.4) is 0 Å². The van der Waals surface area contributed by atoms with Crippen molar-refractivity contribution in [3.05, 3.63) is 29.8 Å². The van der Waals surface area contributed by atoms with Crippen molar-refractivity contribution in [3.8, 4) is 0 Å². The Morgan fingerprint density at radius 1 is 1.40 bits per heavy atom. The van der Waals surface area contributed by atoms with Crippen LogP contribution in [0, 0.1) is 0 Å². The van der Waals surface area contributed by atoms with Crippen molar-refractivity contribution >= 4 is 15.8 Å². The number of benzene rings is 1. The van der Waals surface area contributed by atoms with Crippen molar-refractivity contribution in [1.29, 1.82) is 0 Å². The zero-order valence-electron chi connectivity index (χ0n) is 8.18. The highest BCUT2D eigenvalue weighted by molar-refractivity contribution is 7.85. The van der Waals surface area contributed by atoms with Crippen molar-refractivity contribution in [2.75, 3.05) is 11.1 Å². The molecule has 82 valence electrons. The van der Waals surface area contributed by atoms with Crippen molar-refractivity contribution < 1.29 is 13.0 Å². The summed E-state index contributed by atoms with van der Waals surface area (Å²) in [6.45, 7) is 0. The molecule has 0 radical (unpaired) electrons. The maximum Gasteiger partial charge on any atom is 0.266 e. The van der Waals surface area contributed by atoms with Crippen LogP contribution in [0.2, 0.25) is 0 Å². The first-order chi connectivity index (χ1) is 7.04. The Morgan fingerprint density at radius 2 is 2.13 bits per heavy atom. The van der Waals surface area contributed by atoms with E-state index in [1.54, 1.807) is 0 Å². The van der Waals surface area contributed by atoms with Gasteiger partial charge in [0.15, 0.2) is 0 Å². The van der Waals surface area contributed by atoms with E-state index in [4.69, 9.17) is 4.55 Å². The molecule has 0 fully saturated rings. The van der Waals surface area contributed by atoms with Crippen molar-refractivity contribution in [2.45, 2.75) is 18.9 Å². The minimum absolute atomic E-state index is 0.185. The summed E-state index contributed by atoms with van der Waals surface area (Å²) in [4.78, 5) is 0. The lowest BCUT2D eigenvalue weighted by Crippen LogP contribution is -2.32. The summed E-state index contributed by atoms with van der Waals surface area (Å²) in [5.74, 6) is -0.221. The predicted octanol–water partition coefficient (Wildman–Crippen LogP) is 1.30. The Morgan fingerprint density at radius 3 is 2.87 bits per heavy atom. The van der Waals surface area contributed by atoms with E-state index in [0.29, 0.717) is 0 Å². The summed E-state index contributed by atoms with van der Waals surface area (Å²) in [5, 5.41) is 3.11. The molecule has 1 aromatic rings. The van der Waals surface area contributed by atoms with Gasteiger partial charge in [-0.25, -0.2) is 0 Å². The Labute approximate surface area is 89.1 Å². The number of anilines is 1. The average Bonchev–Trinajstić information content (AvgIpc) is 2.15. The molecule has 5 heteroatoms. The maximum atomic E-state index is 10.7. The molecule has 0 saturated carbocycles. The van der Waals surface area contributed by atoms with E-state index in [0.717, 1.165) is 18.5 Å². The van der Waals surface area contributed by atoms with E-state index in [1.807, 2.05) is 24.3 Å². The molecule has 1 unspecified atom stereocenters. The highest BCUT2D eigenvalue weighted by Gasteiger charge is 2.21. The largest absolute Gasteiger partial charge is 0.381 e. The summed E-state index contributed by atoms with van der Waals surface area (Å²) < 4.78 is 30.2. The number of para-hydroxylation sites is 1. The number of aryl methyl sites for hydroxylation is 1. The number of rotatable bonds is 2. The zero-order valence-corrected chi connectivity index (χ0v) is 9.00. The lowest BCUT2D eigenvalue weighted by atomic mass is 9.99. The molecule has 2 rings (SSSR count). The van der Waals surface area contributed by atoms with Gasteiger partial charge in [-0.05, 0) is 24.5 Å². The summed E-state index contributed by atoms with van der Waals surface area (Å²) in [6, 6.07) is 7.62. The monoisotopic (exact) mass is 227 g/mol. The lowest BCUT2D eigenvalue weighted by molar-refractivity contribution is 0.476. The Hall–Kier alpha value is -1.07. The van der Waals surface area contributed by atoms with Crippen LogP contribution < -0.4 is 5.32 Å². The van der Waals surface area contributed by atoms with Gasteiger partial charge in [0.25, 0.3) is 10.1 Å². The Balaban J connectivity index is 2.12. The molecule has 1 aliphatic heterocycles. The van der Waals surface area contributed by atoms with Crippen LogP contribution in [0.25, 0.3) is 0 Å². The van der Waals surface area contributed by atoms with Crippen LogP contribution in [0.4, 0.5) is 5.69 Å². The fourth-order valence-corrected chi connectivity index (χ4v) is 2.64. The number of hydrogen-bond donors (Lipinski definition) is 2. The summed E-state index contributed by atoms with van der Waals surface area (Å²) >= 11 is 0. The van der Waals surface area contributed by atoms with Crippen LogP contribution >= 0.6 is 0 Å². The molecule has 1 atom stereocenters. The second kappa shape index (κ2) is 3.83. The van der Waals surface area contributed by atoms with Crippen LogP contribution in [-0.2, 0) is 16.5 Å². The van der Waals surface area contributed by atoms with Crippen LogP contribution in [0.15, 0.2) is 24.3 Å². The molecule has 2 N–H and O–H groups in total. The predicted molar refractivity (Wildman–Crippen MR) is 58.6 cm³/mol. The van der Waals surface area contributed by atoms with E-state index in [2.05, 4.69) is 5.32 Å². The van der Waals surface area contributed by atoms with Gasteiger partial charge in [-0.3, -0.25) is 4.55 Å². The summed E-state index contributed by atoms with van der Waals surface area (Å²) in [5.41, 5.74) is 2.17. The lowest BCUT2D eigenvalue weighted by Gasteiger charge is -2.25. The molecular weight excluding hydrogens is 214 g/mol. The summed E-state index contributed by atoms with van der Waals surface area (Å²) in [6.07, 6.45) is 1.58. The third-order valence-electron chi connectivity index (χ3n) is 2.55. The van der Waals surface area contributed by atoms with Gasteiger partial charge in [-0.2, -0.15) is 8.42 Å². The third-order valence-corrected chi connectivity index (χ3v) is 3.37. The van der Waals surface area contributed by atoms with E-state index in [9.17, 15) is 8.42 Å². The quantitative estimate of drug-likeness (QED) is 0.747. The second-order valence-corrected chi connectivity index (χ2v) is 5.28. The molecule has 0 amide bonds. The van der Waals surface area contributed by atoms with Crippen LogP contribution in [-0.4, -0.2) is 24.8 Å². The smallest absolute Gasteiger partial charge is 0.266 e. The normalized spacial score (nSPS) is 20.5. The molecule has 1 aliphatic rings. The topological polar surface area (TPSA) is 66.4 Å². The molecule has 4 nitrogen and oxygen atoms in total. The molecule has 0 spiro atoms. The molecule has 15 heavy (non-hydrogen) atoms.